The van der Waals surface area contributed by atoms with Crippen LogP contribution in [0.5, 0.6) is 5.75 Å². The molecule has 8 heteroatoms. The number of nitrogens with zero attached hydrogens (tertiary/aromatic N) is 2. The number of aryl methyl sites for hydroxylation is 1. The lowest BCUT2D eigenvalue weighted by molar-refractivity contribution is -0.274. The minimum atomic E-state index is -4.68. The van der Waals surface area contributed by atoms with Gasteiger partial charge in [0, 0.05) is 25.3 Å². The van der Waals surface area contributed by atoms with Crippen LogP contribution in [-0.2, 0) is 11.2 Å². The van der Waals surface area contributed by atoms with Gasteiger partial charge in [-0.15, -0.1) is 13.2 Å². The highest BCUT2D eigenvalue weighted by molar-refractivity contribution is 5.69. The molecule has 0 bridgehead atoms. The summed E-state index contributed by atoms with van der Waals surface area (Å²) in [5.41, 5.74) is 1.74. The number of carbonyl (C=O) groups is 1. The fourth-order valence-electron chi connectivity index (χ4n) is 2.95. The van der Waals surface area contributed by atoms with Crippen molar-refractivity contribution < 1.29 is 27.4 Å². The van der Waals surface area contributed by atoms with Crippen LogP contribution in [0.3, 0.4) is 0 Å². The number of rotatable bonds is 4. The van der Waals surface area contributed by atoms with Crippen molar-refractivity contribution in [3.8, 4) is 5.75 Å². The fourth-order valence-corrected chi connectivity index (χ4v) is 2.95. The summed E-state index contributed by atoms with van der Waals surface area (Å²) in [7, 11) is 0. The van der Waals surface area contributed by atoms with Gasteiger partial charge in [-0.3, -0.25) is 0 Å². The number of carbonyl (C=O) groups excluding carboxylic acids is 1. The number of hydrogen-bond acceptors (Lipinski definition) is 4. The lowest BCUT2D eigenvalue weighted by Crippen LogP contribution is -2.38. The molecule has 0 N–H and O–H groups in total. The first kappa shape index (κ1) is 15.8. The average Bonchev–Trinajstić information content (AvgIpc) is 2.88. The van der Waals surface area contributed by atoms with Crippen LogP contribution in [0.25, 0.3) is 0 Å². The van der Waals surface area contributed by atoms with E-state index < -0.39 is 6.36 Å². The maximum absolute atomic E-state index is 12.3. The van der Waals surface area contributed by atoms with Crippen molar-refractivity contribution in [2.45, 2.75) is 19.2 Å². The third-order valence-corrected chi connectivity index (χ3v) is 3.98. The van der Waals surface area contributed by atoms with Crippen LogP contribution in [0.1, 0.15) is 12.0 Å². The Bertz CT molecular complexity index is 592. The summed E-state index contributed by atoms with van der Waals surface area (Å²) in [6.07, 6.45) is -3.42. The Labute approximate surface area is 131 Å². The zero-order valence-corrected chi connectivity index (χ0v) is 12.4. The second-order valence-corrected chi connectivity index (χ2v) is 5.53. The van der Waals surface area contributed by atoms with E-state index in [1.165, 1.54) is 12.1 Å². The molecule has 1 amide bonds. The highest BCUT2D eigenvalue weighted by Gasteiger charge is 2.31. The predicted octanol–water partition coefficient (Wildman–Crippen LogP) is 2.79. The second-order valence-electron chi connectivity index (χ2n) is 5.53. The number of cyclic esters (lactones) is 1. The molecule has 1 fully saturated rings. The van der Waals surface area contributed by atoms with Crippen molar-refractivity contribution >= 4 is 11.8 Å². The minimum absolute atomic E-state index is 0.193. The van der Waals surface area contributed by atoms with Crippen molar-refractivity contribution in [2.75, 3.05) is 37.7 Å². The molecule has 1 aromatic rings. The molecule has 2 aliphatic rings. The van der Waals surface area contributed by atoms with E-state index in [9.17, 15) is 18.0 Å². The Morgan fingerprint density at radius 3 is 2.65 bits per heavy atom. The van der Waals surface area contributed by atoms with Gasteiger partial charge in [-0.1, -0.05) is 0 Å². The molecule has 2 aliphatic heterocycles. The van der Waals surface area contributed by atoms with E-state index in [1.54, 1.807) is 11.0 Å². The normalized spacial score (nSPS) is 18.0. The minimum Gasteiger partial charge on any atom is -0.448 e. The molecule has 3 rings (SSSR count). The van der Waals surface area contributed by atoms with Crippen LogP contribution in [0.4, 0.5) is 23.7 Å². The standard InChI is InChI=1S/C15H17F3N2O3/c16-15(17,18)23-12-3-4-13-11(10-12)2-1-5-19(13)6-7-20-8-9-22-14(20)21/h3-4,10H,1-2,5-9H2. The van der Waals surface area contributed by atoms with Crippen LogP contribution in [-0.4, -0.2) is 50.1 Å². The van der Waals surface area contributed by atoms with Crippen molar-refractivity contribution in [1.29, 1.82) is 0 Å². The third-order valence-electron chi connectivity index (χ3n) is 3.98. The Morgan fingerprint density at radius 2 is 1.96 bits per heavy atom. The van der Waals surface area contributed by atoms with Gasteiger partial charge in [-0.2, -0.15) is 0 Å². The van der Waals surface area contributed by atoms with Crippen LogP contribution < -0.4 is 9.64 Å². The number of hydrogen-bond donors (Lipinski definition) is 0. The monoisotopic (exact) mass is 330 g/mol. The largest absolute Gasteiger partial charge is 0.573 e. The van der Waals surface area contributed by atoms with Gasteiger partial charge in [0.2, 0.25) is 0 Å². The summed E-state index contributed by atoms with van der Waals surface area (Å²) < 4.78 is 45.7. The third kappa shape index (κ3) is 3.80. The van der Waals surface area contributed by atoms with E-state index in [-0.39, 0.29) is 11.8 Å². The summed E-state index contributed by atoms with van der Waals surface area (Å²) in [5.74, 6) is -0.193. The molecule has 0 spiro atoms. The van der Waals surface area contributed by atoms with Gasteiger partial charge in [0.1, 0.15) is 12.4 Å². The number of benzene rings is 1. The van der Waals surface area contributed by atoms with E-state index in [1.807, 2.05) is 0 Å². The number of ether oxygens (including phenoxy) is 2. The first-order chi connectivity index (χ1) is 10.9. The molecule has 5 nitrogen and oxygen atoms in total. The van der Waals surface area contributed by atoms with Crippen molar-refractivity contribution in [1.82, 2.24) is 4.90 Å². The highest BCUT2D eigenvalue weighted by Crippen LogP contribution is 2.32. The second kappa shape index (κ2) is 6.17. The summed E-state index contributed by atoms with van der Waals surface area (Å²) >= 11 is 0. The lowest BCUT2D eigenvalue weighted by atomic mass is 10.0. The summed E-state index contributed by atoms with van der Waals surface area (Å²) in [6, 6.07) is 4.42. The predicted molar refractivity (Wildman–Crippen MR) is 76.6 cm³/mol. The Hall–Kier alpha value is -2.12. The number of fused-ring (bicyclic) bond motifs is 1. The average molecular weight is 330 g/mol. The topological polar surface area (TPSA) is 42.0 Å². The van der Waals surface area contributed by atoms with Crippen LogP contribution >= 0.6 is 0 Å². The van der Waals surface area contributed by atoms with Crippen LogP contribution in [0.15, 0.2) is 18.2 Å². The molecule has 0 radical (unpaired) electrons. The van der Waals surface area contributed by atoms with Gasteiger partial charge in [-0.25, -0.2) is 4.79 Å². The zero-order chi connectivity index (χ0) is 16.4. The molecule has 0 aromatic heterocycles. The Balaban J connectivity index is 1.68. The Kier molecular flexibility index (Phi) is 4.23. The SMILES string of the molecule is O=C1OCCN1CCN1CCCc2cc(OC(F)(F)F)ccc21. The molecular weight excluding hydrogens is 313 g/mol. The number of alkyl halides is 3. The molecular formula is C15H17F3N2O3. The van der Waals surface area contributed by atoms with E-state index in [0.29, 0.717) is 32.7 Å². The maximum atomic E-state index is 12.3. The van der Waals surface area contributed by atoms with E-state index >= 15 is 0 Å². The van der Waals surface area contributed by atoms with Crippen molar-refractivity contribution in [2.24, 2.45) is 0 Å². The molecule has 0 atom stereocenters. The Morgan fingerprint density at radius 1 is 1.17 bits per heavy atom. The molecule has 2 heterocycles. The molecule has 126 valence electrons. The molecule has 0 saturated carbocycles. The first-order valence-corrected chi connectivity index (χ1v) is 7.48. The summed E-state index contributed by atoms with van der Waals surface area (Å²) in [6.45, 7) is 2.97. The molecule has 0 unspecified atom stereocenters. The van der Waals surface area contributed by atoms with Gasteiger partial charge in [0.15, 0.2) is 0 Å². The van der Waals surface area contributed by atoms with Crippen LogP contribution in [0, 0.1) is 0 Å². The summed E-state index contributed by atoms with van der Waals surface area (Å²) in [4.78, 5) is 15.2. The molecule has 1 saturated heterocycles. The fraction of sp³-hybridized carbons (Fsp3) is 0.533. The van der Waals surface area contributed by atoms with Crippen LogP contribution in [0.2, 0.25) is 0 Å². The number of anilines is 1. The number of amides is 1. The summed E-state index contributed by atoms with van der Waals surface area (Å²) in [5, 5.41) is 0. The van der Waals surface area contributed by atoms with Gasteiger partial charge in [0.05, 0.1) is 6.54 Å². The lowest BCUT2D eigenvalue weighted by Gasteiger charge is -2.32. The molecule has 0 aliphatic carbocycles. The van der Waals surface area contributed by atoms with Gasteiger partial charge in [-0.05, 0) is 36.6 Å². The van der Waals surface area contributed by atoms with E-state index in [2.05, 4.69) is 9.64 Å². The number of halogens is 3. The molecule has 23 heavy (non-hydrogen) atoms. The van der Waals surface area contributed by atoms with E-state index in [4.69, 9.17) is 4.74 Å². The van der Waals surface area contributed by atoms with E-state index in [0.717, 1.165) is 24.2 Å². The molecule has 1 aromatic carbocycles. The smallest absolute Gasteiger partial charge is 0.448 e. The van der Waals surface area contributed by atoms with Gasteiger partial charge in [0.25, 0.3) is 0 Å². The van der Waals surface area contributed by atoms with Gasteiger partial charge >= 0.3 is 12.5 Å². The van der Waals surface area contributed by atoms with Crippen molar-refractivity contribution in [3.05, 3.63) is 23.8 Å². The first-order valence-electron chi connectivity index (χ1n) is 7.48. The van der Waals surface area contributed by atoms with Gasteiger partial charge < -0.3 is 19.3 Å². The maximum Gasteiger partial charge on any atom is 0.573 e. The van der Waals surface area contributed by atoms with Crippen molar-refractivity contribution in [3.63, 3.8) is 0 Å². The zero-order valence-electron chi connectivity index (χ0n) is 12.4. The quantitative estimate of drug-likeness (QED) is 0.851. The highest BCUT2D eigenvalue weighted by atomic mass is 19.4.